The fourth-order valence-electron chi connectivity index (χ4n) is 3.12. The maximum atomic E-state index is 13.4. The summed E-state index contributed by atoms with van der Waals surface area (Å²) in [5.74, 6) is 0.270. The molecule has 0 amide bonds. The fourth-order valence-corrected chi connectivity index (χ4v) is 3.41. The van der Waals surface area contributed by atoms with Gasteiger partial charge in [0.05, 0.1) is 26.8 Å². The Kier molecular flexibility index (Phi) is 4.00. The highest BCUT2D eigenvalue weighted by atomic mass is 35.5. The number of para-hydroxylation sites is 2. The van der Waals surface area contributed by atoms with Crippen LogP contribution in [0, 0.1) is 5.82 Å². The average molecular weight is 409 g/mol. The molecule has 136 valence electrons. The van der Waals surface area contributed by atoms with Gasteiger partial charge in [-0.3, -0.25) is 4.57 Å². The molecule has 2 aromatic heterocycles. The minimum atomic E-state index is -0.317. The molecule has 0 spiro atoms. The third-order valence-corrected chi connectivity index (χ3v) is 5.17. The lowest BCUT2D eigenvalue weighted by Crippen LogP contribution is -1.99. The number of imidazole rings is 1. The quantitative estimate of drug-likeness (QED) is 0.355. The summed E-state index contributed by atoms with van der Waals surface area (Å²) in [6.07, 6.45) is 0. The van der Waals surface area contributed by atoms with Gasteiger partial charge in [0.1, 0.15) is 11.6 Å². The maximum absolute atomic E-state index is 13.4. The van der Waals surface area contributed by atoms with E-state index in [0.29, 0.717) is 27.2 Å². The normalized spacial score (nSPS) is 11.4. The molecule has 0 saturated heterocycles. The number of rotatable bonds is 2. The number of halogens is 3. The van der Waals surface area contributed by atoms with Crippen molar-refractivity contribution < 1.29 is 4.39 Å². The second-order valence-corrected chi connectivity index (χ2v) is 7.05. The first-order chi connectivity index (χ1) is 13.6. The van der Waals surface area contributed by atoms with Gasteiger partial charge < -0.3 is 0 Å². The van der Waals surface area contributed by atoms with Gasteiger partial charge in [-0.15, -0.1) is 0 Å². The van der Waals surface area contributed by atoms with Gasteiger partial charge in [0, 0.05) is 5.56 Å². The SMILES string of the molecule is Fc1ccc(-c2nc3nc4ccccc4nc3n2-c2ccc(Cl)c(Cl)c2)cc1. The second kappa shape index (κ2) is 6.55. The minimum absolute atomic E-state index is 0.317. The van der Waals surface area contributed by atoms with Crippen molar-refractivity contribution >= 4 is 45.5 Å². The van der Waals surface area contributed by atoms with Crippen molar-refractivity contribution in [1.82, 2.24) is 19.5 Å². The van der Waals surface area contributed by atoms with E-state index in [1.165, 1.54) is 12.1 Å². The Hall–Kier alpha value is -3.02. The Balaban J connectivity index is 1.87. The topological polar surface area (TPSA) is 43.6 Å². The van der Waals surface area contributed by atoms with Crippen LogP contribution < -0.4 is 0 Å². The molecule has 0 aliphatic carbocycles. The van der Waals surface area contributed by atoms with Crippen LogP contribution in [0.2, 0.25) is 10.0 Å². The van der Waals surface area contributed by atoms with Crippen LogP contribution in [0.15, 0.2) is 66.7 Å². The van der Waals surface area contributed by atoms with Crippen molar-refractivity contribution in [2.45, 2.75) is 0 Å². The molecule has 4 nitrogen and oxygen atoms in total. The molecular formula is C21H11Cl2FN4. The smallest absolute Gasteiger partial charge is 0.199 e. The van der Waals surface area contributed by atoms with Gasteiger partial charge >= 0.3 is 0 Å². The zero-order chi connectivity index (χ0) is 19.3. The Morgan fingerprint density at radius 1 is 0.750 bits per heavy atom. The molecule has 0 bridgehead atoms. The highest BCUT2D eigenvalue weighted by Gasteiger charge is 2.18. The molecule has 0 fully saturated rings. The molecule has 0 aliphatic heterocycles. The van der Waals surface area contributed by atoms with Crippen LogP contribution in [-0.4, -0.2) is 19.5 Å². The molecule has 7 heteroatoms. The first kappa shape index (κ1) is 17.1. The molecule has 0 atom stereocenters. The predicted octanol–water partition coefficient (Wildman–Crippen LogP) is 6.08. The van der Waals surface area contributed by atoms with Crippen molar-refractivity contribution in [1.29, 1.82) is 0 Å². The Labute approximate surface area is 169 Å². The summed E-state index contributed by atoms with van der Waals surface area (Å²) < 4.78 is 15.3. The van der Waals surface area contributed by atoms with Crippen LogP contribution in [0.4, 0.5) is 4.39 Å². The zero-order valence-corrected chi connectivity index (χ0v) is 15.8. The van der Waals surface area contributed by atoms with Crippen molar-refractivity contribution in [3.63, 3.8) is 0 Å². The standard InChI is InChI=1S/C21H11Cl2FN4/c22-15-10-9-14(11-16(15)23)28-20(12-5-7-13(24)8-6-12)27-19-21(28)26-18-4-2-1-3-17(18)25-19/h1-11H. The number of aromatic nitrogens is 4. The van der Waals surface area contributed by atoms with Gasteiger partial charge in [0.2, 0.25) is 0 Å². The van der Waals surface area contributed by atoms with Crippen molar-refractivity contribution in [2.24, 2.45) is 0 Å². The molecule has 2 heterocycles. The highest BCUT2D eigenvalue weighted by Crippen LogP contribution is 2.31. The van der Waals surface area contributed by atoms with Crippen LogP contribution in [0.1, 0.15) is 0 Å². The molecule has 0 N–H and O–H groups in total. The summed E-state index contributed by atoms with van der Waals surface area (Å²) in [5, 5.41) is 0.870. The summed E-state index contributed by atoms with van der Waals surface area (Å²) in [6, 6.07) is 19.0. The van der Waals surface area contributed by atoms with Crippen LogP contribution >= 0.6 is 23.2 Å². The van der Waals surface area contributed by atoms with Crippen LogP contribution in [0.3, 0.4) is 0 Å². The maximum Gasteiger partial charge on any atom is 0.199 e. The van der Waals surface area contributed by atoms with Crippen molar-refractivity contribution in [3.05, 3.63) is 82.6 Å². The summed E-state index contributed by atoms with van der Waals surface area (Å²) >= 11 is 12.3. The van der Waals surface area contributed by atoms with E-state index in [1.807, 2.05) is 34.9 Å². The summed E-state index contributed by atoms with van der Waals surface area (Å²) in [5.41, 5.74) is 4.04. The third-order valence-electron chi connectivity index (χ3n) is 4.43. The number of benzene rings is 3. The summed E-state index contributed by atoms with van der Waals surface area (Å²) in [7, 11) is 0. The Morgan fingerprint density at radius 3 is 2.18 bits per heavy atom. The summed E-state index contributed by atoms with van der Waals surface area (Å²) in [4.78, 5) is 14.1. The van der Waals surface area contributed by atoms with E-state index in [9.17, 15) is 4.39 Å². The lowest BCUT2D eigenvalue weighted by atomic mass is 10.2. The lowest BCUT2D eigenvalue weighted by molar-refractivity contribution is 0.628. The van der Waals surface area contributed by atoms with Crippen LogP contribution in [-0.2, 0) is 0 Å². The van der Waals surface area contributed by atoms with E-state index in [4.69, 9.17) is 28.2 Å². The first-order valence-electron chi connectivity index (χ1n) is 8.47. The molecule has 0 radical (unpaired) electrons. The van der Waals surface area contributed by atoms with Crippen molar-refractivity contribution in [3.8, 4) is 17.1 Å². The third kappa shape index (κ3) is 2.80. The van der Waals surface area contributed by atoms with E-state index in [1.54, 1.807) is 24.3 Å². The zero-order valence-electron chi connectivity index (χ0n) is 14.3. The van der Waals surface area contributed by atoms with E-state index in [-0.39, 0.29) is 5.82 Å². The van der Waals surface area contributed by atoms with Gasteiger partial charge in [-0.2, -0.15) is 0 Å². The fraction of sp³-hybridized carbons (Fsp3) is 0. The van der Waals surface area contributed by atoms with E-state index < -0.39 is 0 Å². The minimum Gasteiger partial charge on any atom is -0.275 e. The van der Waals surface area contributed by atoms with Gasteiger partial charge in [0.25, 0.3) is 0 Å². The highest BCUT2D eigenvalue weighted by molar-refractivity contribution is 6.42. The second-order valence-electron chi connectivity index (χ2n) is 6.24. The van der Waals surface area contributed by atoms with Gasteiger partial charge in [-0.05, 0) is 54.6 Å². The van der Waals surface area contributed by atoms with Crippen LogP contribution in [0.25, 0.3) is 39.4 Å². The molecule has 28 heavy (non-hydrogen) atoms. The molecule has 5 aromatic rings. The molecular weight excluding hydrogens is 398 g/mol. The van der Waals surface area contributed by atoms with Gasteiger partial charge in [-0.25, -0.2) is 19.3 Å². The Bertz CT molecular complexity index is 1350. The van der Waals surface area contributed by atoms with E-state index in [0.717, 1.165) is 22.3 Å². The lowest BCUT2D eigenvalue weighted by Gasteiger charge is -2.10. The molecule has 0 aliphatic rings. The Morgan fingerprint density at radius 2 is 1.46 bits per heavy atom. The predicted molar refractivity (Wildman–Crippen MR) is 110 cm³/mol. The molecule has 3 aromatic carbocycles. The summed E-state index contributed by atoms with van der Waals surface area (Å²) in [6.45, 7) is 0. The monoisotopic (exact) mass is 408 g/mol. The molecule has 0 unspecified atom stereocenters. The van der Waals surface area contributed by atoms with Gasteiger partial charge in [0.15, 0.2) is 11.3 Å². The number of hydrogen-bond donors (Lipinski definition) is 0. The van der Waals surface area contributed by atoms with Crippen LogP contribution in [0.5, 0.6) is 0 Å². The number of fused-ring (bicyclic) bond motifs is 2. The van der Waals surface area contributed by atoms with E-state index in [2.05, 4.69) is 9.97 Å². The first-order valence-corrected chi connectivity index (χ1v) is 9.22. The number of nitrogens with zero attached hydrogens (tertiary/aromatic N) is 4. The van der Waals surface area contributed by atoms with Gasteiger partial charge in [-0.1, -0.05) is 35.3 Å². The number of hydrogen-bond acceptors (Lipinski definition) is 3. The average Bonchev–Trinajstić information content (AvgIpc) is 3.07. The largest absolute Gasteiger partial charge is 0.275 e. The molecule has 0 saturated carbocycles. The van der Waals surface area contributed by atoms with E-state index >= 15 is 0 Å². The van der Waals surface area contributed by atoms with Crippen molar-refractivity contribution in [2.75, 3.05) is 0 Å². The molecule has 5 rings (SSSR count).